The quantitative estimate of drug-likeness (QED) is 0.586. The molecule has 4 nitrogen and oxygen atoms in total. The summed E-state index contributed by atoms with van der Waals surface area (Å²) >= 11 is 0. The van der Waals surface area contributed by atoms with E-state index in [2.05, 4.69) is 38.0 Å². The van der Waals surface area contributed by atoms with Gasteiger partial charge in [0.15, 0.2) is 0 Å². The van der Waals surface area contributed by atoms with Crippen molar-refractivity contribution < 1.29 is 4.79 Å². The molecule has 1 atom stereocenters. The van der Waals surface area contributed by atoms with Crippen LogP contribution in [0.3, 0.4) is 0 Å². The third-order valence-corrected chi connectivity index (χ3v) is 3.63. The normalized spacial score (nSPS) is 15.1. The van der Waals surface area contributed by atoms with Crippen molar-refractivity contribution in [2.45, 2.75) is 65.0 Å². The molecular weight excluding hydrogens is 226 g/mol. The Bertz CT molecular complexity index is 243. The summed E-state index contributed by atoms with van der Waals surface area (Å²) < 4.78 is 0. The maximum Gasteiger partial charge on any atom is 0.237 e. The van der Waals surface area contributed by atoms with Gasteiger partial charge in [0.2, 0.25) is 5.91 Å². The molecule has 18 heavy (non-hydrogen) atoms. The number of hydrogen-bond acceptors (Lipinski definition) is 3. The lowest BCUT2D eigenvalue weighted by Gasteiger charge is -2.28. The highest BCUT2D eigenvalue weighted by Crippen LogP contribution is 2.14. The number of nitrogens with one attached hydrogen (secondary N) is 1. The summed E-state index contributed by atoms with van der Waals surface area (Å²) in [4.78, 5) is 13.8. The van der Waals surface area contributed by atoms with Crippen molar-refractivity contribution in [3.63, 3.8) is 0 Å². The summed E-state index contributed by atoms with van der Waals surface area (Å²) in [7, 11) is 2.13. The average molecular weight is 257 g/mol. The van der Waals surface area contributed by atoms with E-state index in [4.69, 9.17) is 5.73 Å². The SMILES string of the molecule is CCCNC(C)(CCCCN(C)C(C)C)C(N)=O. The Hall–Kier alpha value is -0.610. The van der Waals surface area contributed by atoms with Crippen LogP contribution in [0, 0.1) is 0 Å². The lowest BCUT2D eigenvalue weighted by Crippen LogP contribution is -2.53. The molecule has 0 aromatic rings. The lowest BCUT2D eigenvalue weighted by molar-refractivity contribution is -0.124. The number of unbranched alkanes of at least 4 members (excludes halogenated alkanes) is 1. The van der Waals surface area contributed by atoms with Gasteiger partial charge in [-0.3, -0.25) is 4.79 Å². The van der Waals surface area contributed by atoms with E-state index < -0.39 is 5.54 Å². The van der Waals surface area contributed by atoms with Crippen molar-refractivity contribution in [3.8, 4) is 0 Å². The molecule has 0 aliphatic rings. The summed E-state index contributed by atoms with van der Waals surface area (Å²) in [6, 6.07) is 0.575. The van der Waals surface area contributed by atoms with Gasteiger partial charge in [-0.2, -0.15) is 0 Å². The van der Waals surface area contributed by atoms with Gasteiger partial charge in [-0.1, -0.05) is 6.92 Å². The Balaban J connectivity index is 4.01. The van der Waals surface area contributed by atoms with Crippen LogP contribution in [0.2, 0.25) is 0 Å². The van der Waals surface area contributed by atoms with E-state index >= 15 is 0 Å². The van der Waals surface area contributed by atoms with E-state index in [9.17, 15) is 4.79 Å². The number of carbonyl (C=O) groups is 1. The molecule has 0 heterocycles. The molecule has 0 aliphatic heterocycles. The summed E-state index contributed by atoms with van der Waals surface area (Å²) in [5, 5.41) is 3.27. The number of nitrogens with two attached hydrogens (primary N) is 1. The van der Waals surface area contributed by atoms with Crippen LogP contribution in [-0.4, -0.2) is 42.5 Å². The fraction of sp³-hybridized carbons (Fsp3) is 0.929. The Labute approximate surface area is 112 Å². The van der Waals surface area contributed by atoms with Gasteiger partial charge in [0.1, 0.15) is 0 Å². The first kappa shape index (κ1) is 17.4. The largest absolute Gasteiger partial charge is 0.368 e. The monoisotopic (exact) mass is 257 g/mol. The molecule has 108 valence electrons. The second kappa shape index (κ2) is 8.48. The minimum atomic E-state index is -0.549. The predicted molar refractivity (Wildman–Crippen MR) is 77.5 cm³/mol. The maximum absolute atomic E-state index is 11.5. The summed E-state index contributed by atoms with van der Waals surface area (Å²) in [5.74, 6) is -0.242. The molecule has 0 spiro atoms. The fourth-order valence-corrected chi connectivity index (χ4v) is 1.80. The molecule has 0 aliphatic carbocycles. The molecule has 0 bridgehead atoms. The number of amides is 1. The zero-order chi connectivity index (χ0) is 14.2. The fourth-order valence-electron chi connectivity index (χ4n) is 1.80. The zero-order valence-corrected chi connectivity index (χ0v) is 12.8. The third kappa shape index (κ3) is 6.36. The topological polar surface area (TPSA) is 58.4 Å². The Morgan fingerprint density at radius 3 is 2.44 bits per heavy atom. The van der Waals surface area contributed by atoms with Crippen molar-refractivity contribution in [1.29, 1.82) is 0 Å². The molecule has 0 aromatic carbocycles. The molecule has 0 fully saturated rings. The Morgan fingerprint density at radius 1 is 1.39 bits per heavy atom. The average Bonchev–Trinajstić information content (AvgIpc) is 2.31. The molecule has 1 amide bonds. The van der Waals surface area contributed by atoms with Gasteiger partial charge in [-0.05, 0) is 66.6 Å². The van der Waals surface area contributed by atoms with Gasteiger partial charge in [-0.25, -0.2) is 0 Å². The molecule has 0 rings (SSSR count). The van der Waals surface area contributed by atoms with Crippen LogP contribution in [0.15, 0.2) is 0 Å². The van der Waals surface area contributed by atoms with Crippen LogP contribution in [0.4, 0.5) is 0 Å². The summed E-state index contributed by atoms with van der Waals surface area (Å²) in [6.45, 7) is 10.3. The van der Waals surface area contributed by atoms with Crippen molar-refractivity contribution in [2.24, 2.45) is 5.73 Å². The first-order chi connectivity index (χ1) is 8.33. The number of nitrogens with zero attached hydrogens (tertiary/aromatic N) is 1. The van der Waals surface area contributed by atoms with Crippen molar-refractivity contribution in [1.82, 2.24) is 10.2 Å². The van der Waals surface area contributed by atoms with E-state index in [-0.39, 0.29) is 5.91 Å². The standard InChI is InChI=1S/C14H31N3O/c1-6-10-16-14(4,13(15)18)9-7-8-11-17(5)12(2)3/h12,16H,6-11H2,1-5H3,(H2,15,18). The maximum atomic E-state index is 11.5. The molecule has 1 unspecified atom stereocenters. The van der Waals surface area contributed by atoms with Gasteiger partial charge in [0.05, 0.1) is 5.54 Å². The van der Waals surface area contributed by atoms with Gasteiger partial charge in [0, 0.05) is 6.04 Å². The molecule has 0 aromatic heterocycles. The van der Waals surface area contributed by atoms with Gasteiger partial charge in [-0.15, -0.1) is 0 Å². The van der Waals surface area contributed by atoms with Gasteiger partial charge >= 0.3 is 0 Å². The second-order valence-electron chi connectivity index (χ2n) is 5.65. The third-order valence-electron chi connectivity index (χ3n) is 3.63. The number of rotatable bonds is 10. The zero-order valence-electron chi connectivity index (χ0n) is 12.8. The van der Waals surface area contributed by atoms with Crippen molar-refractivity contribution in [3.05, 3.63) is 0 Å². The van der Waals surface area contributed by atoms with Crippen LogP contribution in [-0.2, 0) is 4.79 Å². The molecule has 4 heteroatoms. The van der Waals surface area contributed by atoms with E-state index in [1.54, 1.807) is 0 Å². The van der Waals surface area contributed by atoms with E-state index in [0.717, 1.165) is 38.8 Å². The van der Waals surface area contributed by atoms with Crippen molar-refractivity contribution in [2.75, 3.05) is 20.1 Å². The highest BCUT2D eigenvalue weighted by Gasteiger charge is 2.29. The lowest BCUT2D eigenvalue weighted by atomic mass is 9.93. The van der Waals surface area contributed by atoms with E-state index in [1.165, 1.54) is 0 Å². The second-order valence-corrected chi connectivity index (χ2v) is 5.65. The van der Waals surface area contributed by atoms with E-state index in [1.807, 2.05) is 6.92 Å². The predicted octanol–water partition coefficient (Wildman–Crippen LogP) is 1.74. The molecular formula is C14H31N3O. The smallest absolute Gasteiger partial charge is 0.237 e. The first-order valence-corrected chi connectivity index (χ1v) is 7.08. The molecule has 0 saturated carbocycles. The highest BCUT2D eigenvalue weighted by atomic mass is 16.1. The summed E-state index contributed by atoms with van der Waals surface area (Å²) in [5.41, 5.74) is 4.94. The van der Waals surface area contributed by atoms with Gasteiger partial charge < -0.3 is 16.0 Å². The van der Waals surface area contributed by atoms with E-state index in [0.29, 0.717) is 6.04 Å². The first-order valence-electron chi connectivity index (χ1n) is 7.08. The Morgan fingerprint density at radius 2 is 2.00 bits per heavy atom. The number of hydrogen-bond donors (Lipinski definition) is 2. The number of primary amides is 1. The van der Waals surface area contributed by atoms with Crippen molar-refractivity contribution >= 4 is 5.91 Å². The molecule has 0 radical (unpaired) electrons. The molecule has 3 N–H and O–H groups in total. The van der Waals surface area contributed by atoms with Gasteiger partial charge in [0.25, 0.3) is 0 Å². The highest BCUT2D eigenvalue weighted by molar-refractivity contribution is 5.84. The van der Waals surface area contributed by atoms with Crippen LogP contribution in [0.1, 0.15) is 53.4 Å². The molecule has 0 saturated heterocycles. The summed E-state index contributed by atoms with van der Waals surface area (Å²) in [6.07, 6.45) is 3.95. The van der Waals surface area contributed by atoms with Crippen LogP contribution >= 0.6 is 0 Å². The van der Waals surface area contributed by atoms with Crippen LogP contribution in [0.5, 0.6) is 0 Å². The minimum Gasteiger partial charge on any atom is -0.368 e. The van der Waals surface area contributed by atoms with Crippen LogP contribution in [0.25, 0.3) is 0 Å². The minimum absolute atomic E-state index is 0.242. The Kier molecular flexibility index (Phi) is 8.20. The number of carbonyl (C=O) groups excluding carboxylic acids is 1. The van der Waals surface area contributed by atoms with Crippen LogP contribution < -0.4 is 11.1 Å².